The normalized spacial score (nSPS) is 19.2. The van der Waals surface area contributed by atoms with Crippen molar-refractivity contribution in [2.24, 2.45) is 0 Å². The number of aromatic hydroxyl groups is 1. The van der Waals surface area contributed by atoms with Crippen LogP contribution in [0.4, 0.5) is 0 Å². The van der Waals surface area contributed by atoms with Crippen molar-refractivity contribution in [3.05, 3.63) is 57.9 Å². The highest BCUT2D eigenvalue weighted by Crippen LogP contribution is 2.41. The number of benzene rings is 1. The molecule has 2 heterocycles. The molecule has 0 aliphatic carbocycles. The minimum absolute atomic E-state index is 0.0671. The van der Waals surface area contributed by atoms with E-state index in [4.69, 9.17) is 15.2 Å². The molecule has 0 saturated carbocycles. The molecule has 0 amide bonds. The van der Waals surface area contributed by atoms with E-state index in [1.165, 1.54) is 59.6 Å². The Bertz CT molecular complexity index is 863. The molecule has 1 atom stereocenters. The van der Waals surface area contributed by atoms with Crippen LogP contribution in [0.5, 0.6) is 5.75 Å². The van der Waals surface area contributed by atoms with E-state index >= 15 is 0 Å². The molecule has 1 fully saturated rings. The summed E-state index contributed by atoms with van der Waals surface area (Å²) < 4.78 is 0. The SMILES string of the molecule is CCN1CCCC1(C)c1c(C)nc(C)c(C)c1C.O=C(O)c1ccccc1O. The van der Waals surface area contributed by atoms with E-state index in [9.17, 15) is 4.79 Å². The smallest absolute Gasteiger partial charge is 0.339 e. The molecule has 1 aromatic heterocycles. The lowest BCUT2D eigenvalue weighted by Crippen LogP contribution is -2.40. The maximum atomic E-state index is 10.3. The first-order valence-corrected chi connectivity index (χ1v) is 9.84. The lowest BCUT2D eigenvalue weighted by molar-refractivity contribution is 0.0693. The zero-order valence-corrected chi connectivity index (χ0v) is 17.8. The van der Waals surface area contributed by atoms with Crippen LogP contribution in [0.15, 0.2) is 24.3 Å². The molecule has 152 valence electrons. The molecule has 5 nitrogen and oxygen atoms in total. The molecule has 2 N–H and O–H groups in total. The second-order valence-electron chi connectivity index (χ2n) is 7.69. The predicted molar refractivity (Wildman–Crippen MR) is 112 cm³/mol. The maximum absolute atomic E-state index is 10.3. The maximum Gasteiger partial charge on any atom is 0.339 e. The average Bonchev–Trinajstić information content (AvgIpc) is 3.01. The van der Waals surface area contributed by atoms with Gasteiger partial charge in [0.05, 0.1) is 0 Å². The van der Waals surface area contributed by atoms with Gasteiger partial charge in [-0.25, -0.2) is 4.79 Å². The fourth-order valence-electron chi connectivity index (χ4n) is 4.38. The van der Waals surface area contributed by atoms with E-state index in [-0.39, 0.29) is 16.9 Å². The van der Waals surface area contributed by atoms with Gasteiger partial charge in [0.1, 0.15) is 11.3 Å². The molecular weight excluding hydrogens is 352 g/mol. The van der Waals surface area contributed by atoms with Crippen LogP contribution in [0.3, 0.4) is 0 Å². The van der Waals surface area contributed by atoms with Crippen molar-refractivity contribution >= 4 is 5.97 Å². The lowest BCUT2D eigenvalue weighted by Gasteiger charge is -2.37. The van der Waals surface area contributed by atoms with Crippen molar-refractivity contribution in [1.29, 1.82) is 0 Å². The Hall–Kier alpha value is -2.40. The molecule has 1 unspecified atom stereocenters. The number of hydrogen-bond acceptors (Lipinski definition) is 4. The standard InChI is InChI=1S/C16H26N2.C7H6O3/c1-7-18-10-8-9-16(18,6)15-12(3)11(2)13(4)17-14(15)5;8-6-4-2-1-3-5(6)7(9)10/h7-10H2,1-6H3;1-4,8H,(H,9,10). The highest BCUT2D eigenvalue weighted by Gasteiger charge is 2.39. The Morgan fingerprint density at radius 3 is 2.32 bits per heavy atom. The molecule has 28 heavy (non-hydrogen) atoms. The quantitative estimate of drug-likeness (QED) is 0.800. The zero-order chi connectivity index (χ0) is 21.1. The molecule has 3 rings (SSSR count). The summed E-state index contributed by atoms with van der Waals surface area (Å²) in [5, 5.41) is 17.3. The number of pyridine rings is 1. The fourth-order valence-corrected chi connectivity index (χ4v) is 4.38. The summed E-state index contributed by atoms with van der Waals surface area (Å²) in [7, 11) is 0. The van der Waals surface area contributed by atoms with Crippen molar-refractivity contribution in [1.82, 2.24) is 9.88 Å². The van der Waals surface area contributed by atoms with Gasteiger partial charge in [-0.2, -0.15) is 0 Å². The van der Waals surface area contributed by atoms with Gasteiger partial charge in [-0.05, 0) is 89.4 Å². The van der Waals surface area contributed by atoms with Crippen LogP contribution < -0.4 is 0 Å². The molecule has 1 aliphatic heterocycles. The third kappa shape index (κ3) is 4.20. The minimum Gasteiger partial charge on any atom is -0.507 e. The van der Waals surface area contributed by atoms with Crippen LogP contribution >= 0.6 is 0 Å². The number of carboxylic acids is 1. The third-order valence-corrected chi connectivity index (χ3v) is 6.02. The Morgan fingerprint density at radius 2 is 1.79 bits per heavy atom. The summed E-state index contributed by atoms with van der Waals surface area (Å²) in [4.78, 5) is 17.6. The van der Waals surface area contributed by atoms with Gasteiger partial charge in [0.25, 0.3) is 0 Å². The van der Waals surface area contributed by atoms with Crippen molar-refractivity contribution < 1.29 is 15.0 Å². The first kappa shape index (κ1) is 21.9. The molecule has 1 aliphatic rings. The number of aryl methyl sites for hydroxylation is 2. The van der Waals surface area contributed by atoms with Crippen molar-refractivity contribution in [2.45, 2.75) is 59.9 Å². The summed E-state index contributed by atoms with van der Waals surface area (Å²) in [6, 6.07) is 5.81. The van der Waals surface area contributed by atoms with Crippen molar-refractivity contribution in [2.75, 3.05) is 13.1 Å². The molecule has 1 aromatic carbocycles. The molecule has 0 radical (unpaired) electrons. The predicted octanol–water partition coefficient (Wildman–Crippen LogP) is 4.74. The van der Waals surface area contributed by atoms with Crippen LogP contribution in [-0.2, 0) is 5.54 Å². The van der Waals surface area contributed by atoms with Gasteiger partial charge in [0, 0.05) is 16.9 Å². The van der Waals surface area contributed by atoms with Gasteiger partial charge < -0.3 is 10.2 Å². The number of para-hydroxylation sites is 1. The van der Waals surface area contributed by atoms with Gasteiger partial charge in [0.2, 0.25) is 0 Å². The van der Waals surface area contributed by atoms with Crippen molar-refractivity contribution in [3.63, 3.8) is 0 Å². The second kappa shape index (κ2) is 8.74. The van der Waals surface area contributed by atoms with Gasteiger partial charge in [-0.3, -0.25) is 9.88 Å². The van der Waals surface area contributed by atoms with E-state index in [0.717, 1.165) is 6.54 Å². The number of nitrogens with zero attached hydrogens (tertiary/aromatic N) is 2. The minimum atomic E-state index is -1.11. The lowest BCUT2D eigenvalue weighted by atomic mass is 9.83. The second-order valence-corrected chi connectivity index (χ2v) is 7.69. The Kier molecular flexibility index (Phi) is 6.83. The first-order valence-electron chi connectivity index (χ1n) is 9.84. The molecule has 2 aromatic rings. The summed E-state index contributed by atoms with van der Waals surface area (Å²) >= 11 is 0. The van der Waals surface area contributed by atoms with E-state index in [1.54, 1.807) is 12.1 Å². The molecule has 0 spiro atoms. The van der Waals surface area contributed by atoms with Crippen LogP contribution in [0.1, 0.15) is 65.1 Å². The van der Waals surface area contributed by atoms with Crippen LogP contribution in [0, 0.1) is 27.7 Å². The number of hydrogen-bond donors (Lipinski definition) is 2. The molecular formula is C23H32N2O3. The zero-order valence-electron chi connectivity index (χ0n) is 17.8. The van der Waals surface area contributed by atoms with Gasteiger partial charge in [-0.1, -0.05) is 19.1 Å². The number of rotatable bonds is 3. The summed E-state index contributed by atoms with van der Waals surface area (Å²) in [6.45, 7) is 15.8. The number of aromatic carboxylic acids is 1. The highest BCUT2D eigenvalue weighted by atomic mass is 16.4. The monoisotopic (exact) mass is 384 g/mol. The third-order valence-electron chi connectivity index (χ3n) is 6.02. The molecule has 1 saturated heterocycles. The van der Waals surface area contributed by atoms with E-state index < -0.39 is 5.97 Å². The van der Waals surface area contributed by atoms with Gasteiger partial charge >= 0.3 is 5.97 Å². The number of carbonyl (C=O) groups is 1. The Labute approximate surface area is 168 Å². The van der Waals surface area contributed by atoms with Crippen LogP contribution in [0.2, 0.25) is 0 Å². The Balaban J connectivity index is 0.000000237. The van der Waals surface area contributed by atoms with E-state index in [1.807, 2.05) is 0 Å². The largest absolute Gasteiger partial charge is 0.507 e. The number of aromatic nitrogens is 1. The molecule has 5 heteroatoms. The highest BCUT2D eigenvalue weighted by molar-refractivity contribution is 5.90. The van der Waals surface area contributed by atoms with E-state index in [0.29, 0.717) is 0 Å². The molecule has 0 bridgehead atoms. The first-order chi connectivity index (χ1) is 13.1. The van der Waals surface area contributed by atoms with Gasteiger partial charge in [-0.15, -0.1) is 0 Å². The Morgan fingerprint density at radius 1 is 1.14 bits per heavy atom. The van der Waals surface area contributed by atoms with Crippen LogP contribution in [0.25, 0.3) is 0 Å². The van der Waals surface area contributed by atoms with Crippen molar-refractivity contribution in [3.8, 4) is 5.75 Å². The summed E-state index contributed by atoms with van der Waals surface area (Å²) in [5.74, 6) is -1.31. The fraction of sp³-hybridized carbons (Fsp3) is 0.478. The average molecular weight is 385 g/mol. The summed E-state index contributed by atoms with van der Waals surface area (Å²) in [6.07, 6.45) is 2.56. The number of carboxylic acid groups (broad SMARTS) is 1. The number of likely N-dealkylation sites (tertiary alicyclic amines) is 1. The number of phenols is 1. The van der Waals surface area contributed by atoms with Gasteiger partial charge in [0.15, 0.2) is 0 Å². The topological polar surface area (TPSA) is 73.7 Å². The summed E-state index contributed by atoms with van der Waals surface area (Å²) in [5.41, 5.74) is 6.81. The van der Waals surface area contributed by atoms with Crippen LogP contribution in [-0.4, -0.2) is 39.2 Å². The van der Waals surface area contributed by atoms with E-state index in [2.05, 4.69) is 46.4 Å².